The molecule has 1 aromatic rings. The lowest BCUT2D eigenvalue weighted by Crippen LogP contribution is -2.36. The van der Waals surface area contributed by atoms with Gasteiger partial charge in [-0.25, -0.2) is 4.79 Å². The van der Waals surface area contributed by atoms with E-state index in [-0.39, 0.29) is 6.04 Å². The number of carbonyl (C=O) groups excluding carboxylic acids is 1. The topological polar surface area (TPSA) is 47.6 Å². The predicted molar refractivity (Wildman–Crippen MR) is 76.6 cm³/mol. The zero-order valence-electron chi connectivity index (χ0n) is 12.0. The van der Waals surface area contributed by atoms with Gasteiger partial charge in [0.25, 0.3) is 0 Å². The molecule has 1 aliphatic heterocycles. The van der Waals surface area contributed by atoms with Crippen LogP contribution in [0.5, 0.6) is 5.75 Å². The number of nitrogens with one attached hydrogen (secondary N) is 1. The lowest BCUT2D eigenvalue weighted by Gasteiger charge is -2.28. The van der Waals surface area contributed by atoms with Crippen molar-refractivity contribution in [1.82, 2.24) is 5.32 Å². The maximum absolute atomic E-state index is 11.9. The first-order chi connectivity index (χ1) is 9.39. The standard InChI is InChI=1S/C16H19NO3/c1-5-11-6-7-12-13(8-9-19-14(12)10-11)17-15(18)20-16(2,3)4/h1,6-7,10,13H,8-9H2,2-4H3,(H,17,18). The highest BCUT2D eigenvalue weighted by Gasteiger charge is 2.25. The molecule has 4 nitrogen and oxygen atoms in total. The number of benzene rings is 1. The van der Waals surface area contributed by atoms with Gasteiger partial charge in [-0.2, -0.15) is 0 Å². The molecule has 0 saturated carbocycles. The summed E-state index contributed by atoms with van der Waals surface area (Å²) in [5, 5.41) is 2.88. The molecular formula is C16H19NO3. The molecule has 1 amide bonds. The van der Waals surface area contributed by atoms with E-state index in [1.807, 2.05) is 39.0 Å². The SMILES string of the molecule is C#Cc1ccc2c(c1)OCCC2NC(=O)OC(C)(C)C. The van der Waals surface area contributed by atoms with E-state index >= 15 is 0 Å². The highest BCUT2D eigenvalue weighted by Crippen LogP contribution is 2.32. The Morgan fingerprint density at radius 2 is 2.25 bits per heavy atom. The minimum Gasteiger partial charge on any atom is -0.493 e. The van der Waals surface area contributed by atoms with Crippen molar-refractivity contribution in [3.8, 4) is 18.1 Å². The second kappa shape index (κ2) is 5.46. The van der Waals surface area contributed by atoms with Crippen LogP contribution in [0.4, 0.5) is 4.79 Å². The van der Waals surface area contributed by atoms with Crippen molar-refractivity contribution < 1.29 is 14.3 Å². The molecule has 0 fully saturated rings. The van der Waals surface area contributed by atoms with Crippen LogP contribution in [0.2, 0.25) is 0 Å². The molecule has 0 spiro atoms. The number of amides is 1. The molecule has 1 unspecified atom stereocenters. The molecule has 106 valence electrons. The highest BCUT2D eigenvalue weighted by molar-refractivity contribution is 5.68. The van der Waals surface area contributed by atoms with E-state index in [9.17, 15) is 4.79 Å². The zero-order valence-corrected chi connectivity index (χ0v) is 12.0. The van der Waals surface area contributed by atoms with E-state index in [0.29, 0.717) is 13.0 Å². The van der Waals surface area contributed by atoms with E-state index in [4.69, 9.17) is 15.9 Å². The van der Waals surface area contributed by atoms with Crippen molar-refractivity contribution in [3.63, 3.8) is 0 Å². The largest absolute Gasteiger partial charge is 0.493 e. The Morgan fingerprint density at radius 3 is 2.90 bits per heavy atom. The lowest BCUT2D eigenvalue weighted by molar-refractivity contribution is 0.0491. The number of hydrogen-bond acceptors (Lipinski definition) is 3. The van der Waals surface area contributed by atoms with Gasteiger partial charge in [0.1, 0.15) is 11.4 Å². The van der Waals surface area contributed by atoms with Crippen molar-refractivity contribution in [2.45, 2.75) is 38.8 Å². The van der Waals surface area contributed by atoms with Crippen LogP contribution in [0, 0.1) is 12.3 Å². The fraction of sp³-hybridized carbons (Fsp3) is 0.438. The van der Waals surface area contributed by atoms with Crippen LogP contribution in [0.1, 0.15) is 44.4 Å². The quantitative estimate of drug-likeness (QED) is 0.800. The number of terminal acetylenes is 1. The number of ether oxygens (including phenoxy) is 2. The third-order valence-electron chi connectivity index (χ3n) is 2.91. The summed E-state index contributed by atoms with van der Waals surface area (Å²) in [6, 6.07) is 5.45. The number of fused-ring (bicyclic) bond motifs is 1. The second-order valence-electron chi connectivity index (χ2n) is 5.73. The fourth-order valence-corrected chi connectivity index (χ4v) is 2.08. The zero-order chi connectivity index (χ0) is 14.8. The number of rotatable bonds is 1. The van der Waals surface area contributed by atoms with Crippen molar-refractivity contribution in [3.05, 3.63) is 29.3 Å². The molecule has 0 saturated heterocycles. The molecule has 1 N–H and O–H groups in total. The Hall–Kier alpha value is -2.15. The second-order valence-corrected chi connectivity index (χ2v) is 5.73. The van der Waals surface area contributed by atoms with Crippen LogP contribution in [0.25, 0.3) is 0 Å². The molecule has 4 heteroatoms. The van der Waals surface area contributed by atoms with Gasteiger partial charge in [-0.15, -0.1) is 6.42 Å². The van der Waals surface area contributed by atoms with Crippen molar-refractivity contribution in [1.29, 1.82) is 0 Å². The van der Waals surface area contributed by atoms with Crippen LogP contribution in [0.3, 0.4) is 0 Å². The van der Waals surface area contributed by atoms with Gasteiger partial charge in [-0.1, -0.05) is 12.0 Å². The lowest BCUT2D eigenvalue weighted by atomic mass is 9.99. The van der Waals surface area contributed by atoms with Gasteiger partial charge in [0.15, 0.2) is 0 Å². The normalized spacial score (nSPS) is 17.4. The van der Waals surface area contributed by atoms with Crippen LogP contribution < -0.4 is 10.1 Å². The van der Waals surface area contributed by atoms with E-state index in [2.05, 4.69) is 11.2 Å². The summed E-state index contributed by atoms with van der Waals surface area (Å²) in [7, 11) is 0. The Bertz CT molecular complexity index is 552. The molecule has 1 aliphatic rings. The molecule has 1 atom stereocenters. The van der Waals surface area contributed by atoms with E-state index in [1.165, 1.54) is 0 Å². The van der Waals surface area contributed by atoms with Gasteiger partial charge < -0.3 is 14.8 Å². The average molecular weight is 273 g/mol. The molecule has 1 heterocycles. The minimum absolute atomic E-state index is 0.111. The Morgan fingerprint density at radius 1 is 1.50 bits per heavy atom. The van der Waals surface area contributed by atoms with Crippen molar-refractivity contribution in [2.75, 3.05) is 6.61 Å². The summed E-state index contributed by atoms with van der Waals surface area (Å²) in [5.41, 5.74) is 1.19. The third kappa shape index (κ3) is 3.45. The highest BCUT2D eigenvalue weighted by atomic mass is 16.6. The first-order valence-electron chi connectivity index (χ1n) is 6.62. The monoisotopic (exact) mass is 273 g/mol. The van der Waals surface area contributed by atoms with Gasteiger partial charge in [0.2, 0.25) is 0 Å². The average Bonchev–Trinajstić information content (AvgIpc) is 2.36. The summed E-state index contributed by atoms with van der Waals surface area (Å²) in [5.74, 6) is 3.30. The van der Waals surface area contributed by atoms with Crippen LogP contribution >= 0.6 is 0 Å². The number of hydrogen-bond donors (Lipinski definition) is 1. The van der Waals surface area contributed by atoms with Gasteiger partial charge in [0.05, 0.1) is 12.6 Å². The molecule has 1 aromatic carbocycles. The van der Waals surface area contributed by atoms with Crippen LogP contribution in [-0.4, -0.2) is 18.3 Å². The van der Waals surface area contributed by atoms with Crippen molar-refractivity contribution >= 4 is 6.09 Å². The number of alkyl carbamates (subject to hydrolysis) is 1. The minimum atomic E-state index is -0.509. The number of carbonyl (C=O) groups is 1. The maximum atomic E-state index is 11.9. The Kier molecular flexibility index (Phi) is 3.89. The predicted octanol–water partition coefficient (Wildman–Crippen LogP) is 3.02. The molecular weight excluding hydrogens is 254 g/mol. The molecule has 20 heavy (non-hydrogen) atoms. The third-order valence-corrected chi connectivity index (χ3v) is 2.91. The molecule has 2 rings (SSSR count). The fourth-order valence-electron chi connectivity index (χ4n) is 2.08. The van der Waals surface area contributed by atoms with Gasteiger partial charge in [0, 0.05) is 17.5 Å². The Balaban J connectivity index is 2.13. The first-order valence-corrected chi connectivity index (χ1v) is 6.62. The molecule has 0 aliphatic carbocycles. The summed E-state index contributed by atoms with van der Waals surface area (Å²) in [6.45, 7) is 6.05. The van der Waals surface area contributed by atoms with Crippen LogP contribution in [-0.2, 0) is 4.74 Å². The summed E-state index contributed by atoms with van der Waals surface area (Å²) in [6.07, 6.45) is 5.66. The maximum Gasteiger partial charge on any atom is 0.408 e. The van der Waals surface area contributed by atoms with Gasteiger partial charge >= 0.3 is 6.09 Å². The van der Waals surface area contributed by atoms with E-state index < -0.39 is 11.7 Å². The van der Waals surface area contributed by atoms with Crippen molar-refractivity contribution in [2.24, 2.45) is 0 Å². The van der Waals surface area contributed by atoms with Crippen LogP contribution in [0.15, 0.2) is 18.2 Å². The smallest absolute Gasteiger partial charge is 0.408 e. The molecule has 0 aromatic heterocycles. The van der Waals surface area contributed by atoms with E-state index in [0.717, 1.165) is 16.9 Å². The summed E-state index contributed by atoms with van der Waals surface area (Å²) in [4.78, 5) is 11.9. The Labute approximate surface area is 119 Å². The molecule has 0 bridgehead atoms. The first kappa shape index (κ1) is 14.3. The summed E-state index contributed by atoms with van der Waals surface area (Å²) < 4.78 is 10.9. The van der Waals surface area contributed by atoms with E-state index in [1.54, 1.807) is 0 Å². The molecule has 0 radical (unpaired) electrons. The van der Waals surface area contributed by atoms with Gasteiger partial charge in [-0.3, -0.25) is 0 Å². The van der Waals surface area contributed by atoms with Gasteiger partial charge in [-0.05, 0) is 32.9 Å². The summed E-state index contributed by atoms with van der Waals surface area (Å²) >= 11 is 0.